The predicted molar refractivity (Wildman–Crippen MR) is 71.0 cm³/mol. The fraction of sp³-hybridized carbons (Fsp3) is 0.429. The average Bonchev–Trinajstić information content (AvgIpc) is 2.42. The van der Waals surface area contributed by atoms with Gasteiger partial charge in [0.2, 0.25) is 5.91 Å². The van der Waals surface area contributed by atoms with E-state index in [-0.39, 0.29) is 18.1 Å². The van der Waals surface area contributed by atoms with Crippen molar-refractivity contribution in [3.8, 4) is 0 Å². The number of carboxylic acids is 1. The number of hydrogen-bond donors (Lipinski definition) is 2. The monoisotopic (exact) mass is 265 g/mol. The van der Waals surface area contributed by atoms with Gasteiger partial charge in [0, 0.05) is 13.2 Å². The van der Waals surface area contributed by atoms with Gasteiger partial charge in [-0.05, 0) is 24.1 Å². The van der Waals surface area contributed by atoms with Crippen LogP contribution in [0.4, 0.5) is 0 Å². The van der Waals surface area contributed by atoms with Crippen LogP contribution in [0.15, 0.2) is 24.3 Å². The summed E-state index contributed by atoms with van der Waals surface area (Å²) >= 11 is 0. The molecule has 0 spiro atoms. The van der Waals surface area contributed by atoms with Gasteiger partial charge in [0.1, 0.15) is 6.61 Å². The Hall–Kier alpha value is -1.88. The number of unbranched alkanes of at least 4 members (excludes halogenated alkanes) is 1. The number of ether oxygens (including phenoxy) is 1. The lowest BCUT2D eigenvalue weighted by Crippen LogP contribution is -2.27. The van der Waals surface area contributed by atoms with E-state index in [4.69, 9.17) is 9.84 Å². The molecule has 0 aliphatic heterocycles. The standard InChI is InChI=1S/C14H19NO4/c1-2-3-8-19-10-13(16)15-9-11-4-6-12(7-5-11)14(17)18/h4-7H,2-3,8-10H2,1H3,(H,15,16)(H,17,18). The van der Waals surface area contributed by atoms with E-state index in [9.17, 15) is 9.59 Å². The zero-order chi connectivity index (χ0) is 14.1. The number of amides is 1. The van der Waals surface area contributed by atoms with Crippen LogP contribution in [0.25, 0.3) is 0 Å². The maximum atomic E-state index is 11.4. The van der Waals surface area contributed by atoms with Gasteiger partial charge in [-0.25, -0.2) is 4.79 Å². The molecule has 1 aromatic carbocycles. The molecule has 19 heavy (non-hydrogen) atoms. The van der Waals surface area contributed by atoms with Crippen molar-refractivity contribution >= 4 is 11.9 Å². The second-order valence-electron chi connectivity index (χ2n) is 4.18. The van der Waals surface area contributed by atoms with Gasteiger partial charge in [-0.1, -0.05) is 25.5 Å². The first-order chi connectivity index (χ1) is 9.13. The molecule has 5 nitrogen and oxygen atoms in total. The van der Waals surface area contributed by atoms with E-state index < -0.39 is 5.97 Å². The largest absolute Gasteiger partial charge is 0.478 e. The van der Waals surface area contributed by atoms with Crippen molar-refractivity contribution in [1.29, 1.82) is 0 Å². The van der Waals surface area contributed by atoms with Gasteiger partial charge < -0.3 is 15.2 Å². The van der Waals surface area contributed by atoms with Gasteiger partial charge in [-0.3, -0.25) is 4.79 Å². The molecule has 0 heterocycles. The van der Waals surface area contributed by atoms with E-state index in [1.54, 1.807) is 12.1 Å². The summed E-state index contributed by atoms with van der Waals surface area (Å²) in [7, 11) is 0. The zero-order valence-electron chi connectivity index (χ0n) is 11.0. The Labute approximate surface area is 112 Å². The maximum Gasteiger partial charge on any atom is 0.335 e. The molecule has 1 aromatic rings. The molecule has 5 heteroatoms. The molecule has 1 amide bonds. The molecular formula is C14H19NO4. The number of nitrogens with one attached hydrogen (secondary N) is 1. The summed E-state index contributed by atoms with van der Waals surface area (Å²) < 4.78 is 5.19. The molecule has 1 rings (SSSR count). The summed E-state index contributed by atoms with van der Waals surface area (Å²) in [5.41, 5.74) is 1.09. The Kier molecular flexibility index (Phi) is 6.60. The van der Waals surface area contributed by atoms with Crippen LogP contribution in [0.2, 0.25) is 0 Å². The molecule has 0 unspecified atom stereocenters. The summed E-state index contributed by atoms with van der Waals surface area (Å²) in [4.78, 5) is 22.1. The molecule has 0 bridgehead atoms. The van der Waals surface area contributed by atoms with Gasteiger partial charge in [-0.15, -0.1) is 0 Å². The third kappa shape index (κ3) is 6.01. The summed E-state index contributed by atoms with van der Waals surface area (Å²) in [6, 6.07) is 6.40. The van der Waals surface area contributed by atoms with Crippen LogP contribution in [0.5, 0.6) is 0 Å². The Morgan fingerprint density at radius 1 is 1.26 bits per heavy atom. The van der Waals surface area contributed by atoms with Crippen LogP contribution in [-0.4, -0.2) is 30.2 Å². The summed E-state index contributed by atoms with van der Waals surface area (Å²) in [6.45, 7) is 3.09. The molecular weight excluding hydrogens is 246 g/mol. The highest BCUT2D eigenvalue weighted by atomic mass is 16.5. The normalized spacial score (nSPS) is 10.2. The van der Waals surface area contributed by atoms with Crippen LogP contribution >= 0.6 is 0 Å². The van der Waals surface area contributed by atoms with Crippen molar-refractivity contribution < 1.29 is 19.4 Å². The van der Waals surface area contributed by atoms with Gasteiger partial charge in [0.05, 0.1) is 5.56 Å². The molecule has 0 saturated heterocycles. The second kappa shape index (κ2) is 8.26. The van der Waals surface area contributed by atoms with Crippen molar-refractivity contribution in [2.75, 3.05) is 13.2 Å². The van der Waals surface area contributed by atoms with Crippen molar-refractivity contribution in [2.45, 2.75) is 26.3 Å². The molecule has 0 saturated carbocycles. The fourth-order valence-electron chi connectivity index (χ4n) is 1.43. The van der Waals surface area contributed by atoms with E-state index in [0.717, 1.165) is 18.4 Å². The van der Waals surface area contributed by atoms with Crippen molar-refractivity contribution in [3.63, 3.8) is 0 Å². The topological polar surface area (TPSA) is 75.6 Å². The van der Waals surface area contributed by atoms with Gasteiger partial charge in [-0.2, -0.15) is 0 Å². The maximum absolute atomic E-state index is 11.4. The smallest absolute Gasteiger partial charge is 0.335 e. The van der Waals surface area contributed by atoms with E-state index >= 15 is 0 Å². The first kappa shape index (κ1) is 15.2. The summed E-state index contributed by atoms with van der Waals surface area (Å²) in [6.07, 6.45) is 1.99. The Bertz CT molecular complexity index is 414. The molecule has 0 radical (unpaired) electrons. The summed E-state index contributed by atoms with van der Waals surface area (Å²) in [5, 5.41) is 11.5. The van der Waals surface area contributed by atoms with Crippen LogP contribution in [0, 0.1) is 0 Å². The predicted octanol–water partition coefficient (Wildman–Crippen LogP) is 1.82. The van der Waals surface area contributed by atoms with Crippen molar-refractivity contribution in [3.05, 3.63) is 35.4 Å². The highest BCUT2D eigenvalue weighted by Crippen LogP contribution is 2.04. The van der Waals surface area contributed by atoms with E-state index in [2.05, 4.69) is 12.2 Å². The Morgan fingerprint density at radius 3 is 2.53 bits per heavy atom. The highest BCUT2D eigenvalue weighted by Gasteiger charge is 2.03. The molecule has 0 aromatic heterocycles. The van der Waals surface area contributed by atoms with Crippen LogP contribution in [0.1, 0.15) is 35.7 Å². The number of hydrogen-bond acceptors (Lipinski definition) is 3. The van der Waals surface area contributed by atoms with Gasteiger partial charge >= 0.3 is 5.97 Å². The molecule has 2 N–H and O–H groups in total. The van der Waals surface area contributed by atoms with Crippen molar-refractivity contribution in [1.82, 2.24) is 5.32 Å². The minimum absolute atomic E-state index is 0.0627. The van der Waals surface area contributed by atoms with Gasteiger partial charge in [0.15, 0.2) is 0 Å². The number of carboxylic acid groups (broad SMARTS) is 1. The Morgan fingerprint density at radius 2 is 1.95 bits per heavy atom. The quantitative estimate of drug-likeness (QED) is 0.703. The van der Waals surface area contributed by atoms with Gasteiger partial charge in [0.25, 0.3) is 0 Å². The highest BCUT2D eigenvalue weighted by molar-refractivity contribution is 5.87. The third-order valence-electron chi connectivity index (χ3n) is 2.57. The lowest BCUT2D eigenvalue weighted by atomic mass is 10.1. The minimum Gasteiger partial charge on any atom is -0.478 e. The van der Waals surface area contributed by atoms with Crippen LogP contribution in [-0.2, 0) is 16.1 Å². The fourth-order valence-corrected chi connectivity index (χ4v) is 1.43. The molecule has 104 valence electrons. The second-order valence-corrected chi connectivity index (χ2v) is 4.18. The summed E-state index contributed by atoms with van der Waals surface area (Å²) in [5.74, 6) is -1.13. The number of aromatic carboxylic acids is 1. The lowest BCUT2D eigenvalue weighted by molar-refractivity contribution is -0.125. The molecule has 0 atom stereocenters. The lowest BCUT2D eigenvalue weighted by Gasteiger charge is -2.06. The number of carbonyl (C=O) groups excluding carboxylic acids is 1. The number of benzene rings is 1. The zero-order valence-corrected chi connectivity index (χ0v) is 11.0. The first-order valence-corrected chi connectivity index (χ1v) is 6.30. The molecule has 0 aliphatic rings. The van der Waals surface area contributed by atoms with Crippen LogP contribution in [0.3, 0.4) is 0 Å². The van der Waals surface area contributed by atoms with Crippen LogP contribution < -0.4 is 5.32 Å². The Balaban J connectivity index is 2.28. The van der Waals surface area contributed by atoms with E-state index in [0.29, 0.717) is 13.2 Å². The number of carbonyl (C=O) groups is 2. The van der Waals surface area contributed by atoms with E-state index in [1.807, 2.05) is 0 Å². The average molecular weight is 265 g/mol. The first-order valence-electron chi connectivity index (χ1n) is 6.30. The SMILES string of the molecule is CCCCOCC(=O)NCc1ccc(C(=O)O)cc1. The minimum atomic E-state index is -0.958. The number of rotatable bonds is 8. The molecule has 0 aliphatic carbocycles. The third-order valence-corrected chi connectivity index (χ3v) is 2.57. The molecule has 0 fully saturated rings. The van der Waals surface area contributed by atoms with E-state index in [1.165, 1.54) is 12.1 Å². The van der Waals surface area contributed by atoms with Crippen molar-refractivity contribution in [2.24, 2.45) is 0 Å².